The molecule has 20 heavy (non-hydrogen) atoms. The van der Waals surface area contributed by atoms with Gasteiger partial charge < -0.3 is 5.11 Å². The van der Waals surface area contributed by atoms with Gasteiger partial charge in [-0.25, -0.2) is 13.2 Å². The number of thiophene rings is 1. The van der Waals surface area contributed by atoms with Gasteiger partial charge in [0.15, 0.2) is 0 Å². The molecule has 0 aliphatic rings. The number of anilines is 1. The highest BCUT2D eigenvalue weighted by atomic mass is 79.9. The molecule has 2 aromatic rings. The van der Waals surface area contributed by atoms with Gasteiger partial charge in [0, 0.05) is 5.38 Å². The lowest BCUT2D eigenvalue weighted by atomic mass is 10.3. The zero-order valence-electron chi connectivity index (χ0n) is 9.63. The van der Waals surface area contributed by atoms with Crippen molar-refractivity contribution in [2.45, 2.75) is 4.21 Å². The van der Waals surface area contributed by atoms with E-state index < -0.39 is 16.0 Å². The number of benzene rings is 1. The molecule has 106 valence electrons. The highest BCUT2D eigenvalue weighted by Crippen LogP contribution is 2.32. The van der Waals surface area contributed by atoms with Crippen molar-refractivity contribution in [1.29, 1.82) is 0 Å². The van der Waals surface area contributed by atoms with E-state index in [1.54, 1.807) is 18.2 Å². The van der Waals surface area contributed by atoms with E-state index in [1.165, 1.54) is 5.38 Å². The van der Waals surface area contributed by atoms with Gasteiger partial charge in [0.2, 0.25) is 0 Å². The molecule has 0 amide bonds. The van der Waals surface area contributed by atoms with E-state index in [2.05, 4.69) is 20.7 Å². The van der Waals surface area contributed by atoms with Crippen LogP contribution in [0.5, 0.6) is 0 Å². The predicted octanol–water partition coefficient (Wildman–Crippen LogP) is 3.66. The number of aromatic carboxylic acids is 1. The molecule has 5 nitrogen and oxygen atoms in total. The quantitative estimate of drug-likeness (QED) is 0.826. The first-order valence-electron chi connectivity index (χ1n) is 5.10. The third-order valence-electron chi connectivity index (χ3n) is 2.28. The van der Waals surface area contributed by atoms with Gasteiger partial charge in [-0.05, 0) is 34.1 Å². The summed E-state index contributed by atoms with van der Waals surface area (Å²) in [7, 11) is -3.85. The predicted molar refractivity (Wildman–Crippen MR) is 81.2 cm³/mol. The molecule has 0 fully saturated rings. The van der Waals surface area contributed by atoms with Gasteiger partial charge in [0.25, 0.3) is 10.0 Å². The first-order valence-corrected chi connectivity index (χ1v) is 8.63. The fourth-order valence-corrected chi connectivity index (χ4v) is 4.24. The Labute approximate surface area is 132 Å². The third-order valence-corrected chi connectivity index (χ3v) is 6.49. The van der Waals surface area contributed by atoms with E-state index in [-0.39, 0.29) is 15.5 Å². The van der Waals surface area contributed by atoms with Crippen LogP contribution in [0.25, 0.3) is 0 Å². The van der Waals surface area contributed by atoms with Crippen LogP contribution in [-0.4, -0.2) is 19.5 Å². The average molecular weight is 397 g/mol. The molecule has 1 aromatic carbocycles. The third kappa shape index (κ3) is 3.14. The minimum absolute atomic E-state index is 0.0689. The van der Waals surface area contributed by atoms with Gasteiger partial charge in [0.05, 0.1) is 20.7 Å². The van der Waals surface area contributed by atoms with Crippen LogP contribution < -0.4 is 4.72 Å². The molecule has 2 rings (SSSR count). The summed E-state index contributed by atoms with van der Waals surface area (Å²) in [5.41, 5.74) is 0.211. The summed E-state index contributed by atoms with van der Waals surface area (Å²) in [5, 5.41) is 10.4. The Morgan fingerprint density at radius 1 is 1.40 bits per heavy atom. The highest BCUT2D eigenvalue weighted by molar-refractivity contribution is 9.10. The topological polar surface area (TPSA) is 83.5 Å². The summed E-state index contributed by atoms with van der Waals surface area (Å²) < 4.78 is 27.0. The fraction of sp³-hybridized carbons (Fsp3) is 0. The Bertz CT molecular complexity index is 772. The Kier molecular flexibility index (Phi) is 4.38. The number of hydrogen-bond donors (Lipinski definition) is 2. The van der Waals surface area contributed by atoms with E-state index in [0.717, 1.165) is 17.4 Å². The van der Waals surface area contributed by atoms with E-state index in [9.17, 15) is 13.2 Å². The summed E-state index contributed by atoms with van der Waals surface area (Å²) in [6.07, 6.45) is 0. The number of carboxylic acids is 1. The molecule has 0 atom stereocenters. The molecular weight excluding hydrogens is 390 g/mol. The van der Waals surface area contributed by atoms with Crippen molar-refractivity contribution in [2.75, 3.05) is 4.72 Å². The Hall–Kier alpha value is -1.09. The monoisotopic (exact) mass is 395 g/mol. The SMILES string of the molecule is O=C(O)c1csc(S(=O)(=O)Nc2cccc(Cl)c2Br)c1. The standard InChI is InChI=1S/C11H7BrClNO4S2/c12-10-7(13)2-1-3-8(10)14-20(17,18)9-4-6(5-19-9)11(15)16/h1-5,14H,(H,15,16). The number of sulfonamides is 1. The lowest BCUT2D eigenvalue weighted by Crippen LogP contribution is -2.12. The Balaban J connectivity index is 2.35. The van der Waals surface area contributed by atoms with Crippen LogP contribution in [0.3, 0.4) is 0 Å². The number of halogens is 2. The summed E-state index contributed by atoms with van der Waals surface area (Å²) in [4.78, 5) is 10.8. The fourth-order valence-electron chi connectivity index (χ4n) is 1.35. The number of carbonyl (C=O) groups is 1. The number of carboxylic acid groups (broad SMARTS) is 1. The molecule has 1 heterocycles. The van der Waals surface area contributed by atoms with Crippen molar-refractivity contribution in [3.05, 3.63) is 44.7 Å². The first kappa shape index (κ1) is 15.3. The van der Waals surface area contributed by atoms with E-state index in [0.29, 0.717) is 9.50 Å². The minimum atomic E-state index is -3.85. The van der Waals surface area contributed by atoms with Crippen molar-refractivity contribution in [3.63, 3.8) is 0 Å². The van der Waals surface area contributed by atoms with Crippen molar-refractivity contribution in [2.24, 2.45) is 0 Å². The molecule has 0 aliphatic carbocycles. The molecule has 0 spiro atoms. The normalized spacial score (nSPS) is 11.3. The summed E-state index contributed by atoms with van der Waals surface area (Å²) >= 11 is 9.90. The summed E-state index contributed by atoms with van der Waals surface area (Å²) in [6.45, 7) is 0. The lowest BCUT2D eigenvalue weighted by Gasteiger charge is -2.08. The van der Waals surface area contributed by atoms with Crippen LogP contribution >= 0.6 is 38.9 Å². The molecule has 1 aromatic heterocycles. The van der Waals surface area contributed by atoms with Crippen LogP contribution in [0.1, 0.15) is 10.4 Å². The number of hydrogen-bond acceptors (Lipinski definition) is 4. The Morgan fingerprint density at radius 3 is 2.70 bits per heavy atom. The summed E-state index contributed by atoms with van der Waals surface area (Å²) in [6, 6.07) is 5.85. The van der Waals surface area contributed by atoms with E-state index in [1.807, 2.05) is 0 Å². The van der Waals surface area contributed by atoms with Gasteiger partial charge in [-0.2, -0.15) is 0 Å². The van der Waals surface area contributed by atoms with Crippen molar-refractivity contribution >= 4 is 60.5 Å². The number of nitrogens with one attached hydrogen (secondary N) is 1. The van der Waals surface area contributed by atoms with Crippen LogP contribution in [0.15, 0.2) is 38.3 Å². The molecule has 0 saturated heterocycles. The van der Waals surface area contributed by atoms with Crippen LogP contribution in [0.2, 0.25) is 5.02 Å². The average Bonchev–Trinajstić information content (AvgIpc) is 2.85. The second-order valence-corrected chi connectivity index (χ2v) is 7.69. The maximum atomic E-state index is 12.1. The van der Waals surface area contributed by atoms with Gasteiger partial charge >= 0.3 is 5.97 Å². The van der Waals surface area contributed by atoms with Crippen molar-refractivity contribution in [1.82, 2.24) is 0 Å². The smallest absolute Gasteiger partial charge is 0.336 e. The van der Waals surface area contributed by atoms with Gasteiger partial charge in [-0.1, -0.05) is 17.7 Å². The zero-order chi connectivity index (χ0) is 14.9. The molecule has 0 radical (unpaired) electrons. The molecule has 0 unspecified atom stereocenters. The second kappa shape index (κ2) is 5.72. The van der Waals surface area contributed by atoms with Crippen molar-refractivity contribution in [3.8, 4) is 0 Å². The van der Waals surface area contributed by atoms with Crippen LogP contribution in [0, 0.1) is 0 Å². The molecule has 0 saturated carbocycles. The van der Waals surface area contributed by atoms with Gasteiger partial charge in [-0.15, -0.1) is 11.3 Å². The first-order chi connectivity index (χ1) is 9.31. The van der Waals surface area contributed by atoms with E-state index in [4.69, 9.17) is 16.7 Å². The highest BCUT2D eigenvalue weighted by Gasteiger charge is 2.20. The second-order valence-electron chi connectivity index (χ2n) is 3.67. The van der Waals surface area contributed by atoms with Gasteiger partial charge in [0.1, 0.15) is 4.21 Å². The van der Waals surface area contributed by atoms with Gasteiger partial charge in [-0.3, -0.25) is 4.72 Å². The maximum absolute atomic E-state index is 12.1. The molecular formula is C11H7BrClNO4S2. The Morgan fingerprint density at radius 2 is 2.10 bits per heavy atom. The minimum Gasteiger partial charge on any atom is -0.478 e. The van der Waals surface area contributed by atoms with Crippen molar-refractivity contribution < 1.29 is 18.3 Å². The molecule has 9 heteroatoms. The largest absolute Gasteiger partial charge is 0.478 e. The van der Waals surface area contributed by atoms with Crippen LogP contribution in [0.4, 0.5) is 5.69 Å². The lowest BCUT2D eigenvalue weighted by molar-refractivity contribution is 0.0697. The molecule has 2 N–H and O–H groups in total. The summed E-state index contributed by atoms with van der Waals surface area (Å²) in [5.74, 6) is -1.17. The number of rotatable bonds is 4. The van der Waals surface area contributed by atoms with Crippen LogP contribution in [-0.2, 0) is 10.0 Å². The van der Waals surface area contributed by atoms with E-state index >= 15 is 0 Å². The maximum Gasteiger partial charge on any atom is 0.336 e. The molecule has 0 aliphatic heterocycles. The zero-order valence-corrected chi connectivity index (χ0v) is 13.6. The molecule has 0 bridgehead atoms.